The number of H-pyrrole nitrogens is 1. The number of methoxy groups -OCH3 is 2. The summed E-state index contributed by atoms with van der Waals surface area (Å²) in [6.07, 6.45) is -2.83. The van der Waals surface area contributed by atoms with E-state index in [2.05, 4.69) is 20.6 Å². The van der Waals surface area contributed by atoms with Gasteiger partial charge in [0.1, 0.15) is 18.2 Å². The largest absolute Gasteiger partial charge is 0.493 e. The van der Waals surface area contributed by atoms with Gasteiger partial charge in [-0.3, -0.25) is 10.7 Å². The second kappa shape index (κ2) is 6.45. The fourth-order valence-electron chi connectivity index (χ4n) is 2.67. The number of benzene rings is 1. The van der Waals surface area contributed by atoms with Crippen molar-refractivity contribution in [2.75, 3.05) is 26.1 Å². The van der Waals surface area contributed by atoms with Crippen LogP contribution < -0.4 is 25.8 Å². The number of alkyl halides is 3. The molecule has 1 aliphatic rings. The van der Waals surface area contributed by atoms with Crippen LogP contribution >= 0.6 is 0 Å². The lowest BCUT2D eigenvalue weighted by atomic mass is 10.0. The molecule has 1 aliphatic heterocycles. The Kier molecular flexibility index (Phi) is 4.45. The SMILES string of the molecule is COc1ccc(C2(N)NC(=NCC(F)(F)F)c3cc[nH]c3N2)cc1OC. The van der Waals surface area contributed by atoms with E-state index in [1.54, 1.807) is 30.5 Å². The van der Waals surface area contributed by atoms with Crippen molar-refractivity contribution in [3.8, 4) is 11.5 Å². The van der Waals surface area contributed by atoms with E-state index in [4.69, 9.17) is 15.2 Å². The van der Waals surface area contributed by atoms with Crippen LogP contribution in [0.25, 0.3) is 0 Å². The fourth-order valence-corrected chi connectivity index (χ4v) is 2.67. The number of aromatic nitrogens is 1. The number of hydrogen-bond acceptors (Lipinski definition) is 5. The minimum absolute atomic E-state index is 0.0367. The second-order valence-corrected chi connectivity index (χ2v) is 5.67. The number of nitrogens with two attached hydrogens (primary N) is 1. The molecule has 1 atom stereocenters. The molecule has 10 heteroatoms. The van der Waals surface area contributed by atoms with Crippen LogP contribution in [0.4, 0.5) is 19.0 Å². The van der Waals surface area contributed by atoms with Crippen LogP contribution in [0, 0.1) is 0 Å². The minimum Gasteiger partial charge on any atom is -0.493 e. The molecule has 3 rings (SSSR count). The van der Waals surface area contributed by atoms with Crippen LogP contribution in [0.15, 0.2) is 35.5 Å². The van der Waals surface area contributed by atoms with Gasteiger partial charge in [-0.15, -0.1) is 0 Å². The molecule has 1 aromatic heterocycles. The van der Waals surface area contributed by atoms with Crippen LogP contribution in [0.1, 0.15) is 11.1 Å². The highest BCUT2D eigenvalue weighted by atomic mass is 19.4. The summed E-state index contributed by atoms with van der Waals surface area (Å²) in [4.78, 5) is 6.56. The summed E-state index contributed by atoms with van der Waals surface area (Å²) in [5, 5.41) is 5.89. The van der Waals surface area contributed by atoms with Gasteiger partial charge in [0.15, 0.2) is 17.3 Å². The van der Waals surface area contributed by atoms with Gasteiger partial charge in [-0.2, -0.15) is 13.2 Å². The Morgan fingerprint density at radius 3 is 2.50 bits per heavy atom. The highest BCUT2D eigenvalue weighted by molar-refractivity contribution is 6.05. The Morgan fingerprint density at radius 2 is 1.85 bits per heavy atom. The number of hydrogen-bond donors (Lipinski definition) is 4. The Bertz CT molecular complexity index is 834. The first-order chi connectivity index (χ1) is 12.3. The number of rotatable bonds is 4. The molecule has 26 heavy (non-hydrogen) atoms. The van der Waals surface area contributed by atoms with Crippen molar-refractivity contribution in [1.29, 1.82) is 0 Å². The van der Waals surface area contributed by atoms with Gasteiger partial charge in [-0.1, -0.05) is 0 Å². The highest BCUT2D eigenvalue weighted by Crippen LogP contribution is 2.33. The van der Waals surface area contributed by atoms with E-state index in [9.17, 15) is 13.2 Å². The van der Waals surface area contributed by atoms with Gasteiger partial charge in [0.25, 0.3) is 0 Å². The van der Waals surface area contributed by atoms with Crippen molar-refractivity contribution in [2.45, 2.75) is 12.0 Å². The van der Waals surface area contributed by atoms with Gasteiger partial charge in [-0.25, -0.2) is 0 Å². The molecule has 2 aromatic rings. The average Bonchev–Trinajstić information content (AvgIpc) is 3.06. The van der Waals surface area contributed by atoms with E-state index in [1.165, 1.54) is 14.2 Å². The minimum atomic E-state index is -4.42. The Morgan fingerprint density at radius 1 is 1.12 bits per heavy atom. The van der Waals surface area contributed by atoms with Gasteiger partial charge in [-0.05, 0) is 24.3 Å². The number of nitrogens with zero attached hydrogens (tertiary/aromatic N) is 1. The van der Waals surface area contributed by atoms with Crippen molar-refractivity contribution in [1.82, 2.24) is 10.3 Å². The van der Waals surface area contributed by atoms with Gasteiger partial charge in [0, 0.05) is 11.8 Å². The normalized spacial score (nSPS) is 20.9. The van der Waals surface area contributed by atoms with Crippen molar-refractivity contribution in [3.63, 3.8) is 0 Å². The second-order valence-electron chi connectivity index (χ2n) is 5.67. The van der Waals surface area contributed by atoms with Gasteiger partial charge in [0.2, 0.25) is 0 Å². The molecule has 2 heterocycles. The Balaban J connectivity index is 2.00. The number of fused-ring (bicyclic) bond motifs is 1. The van der Waals surface area contributed by atoms with E-state index < -0.39 is 18.5 Å². The maximum atomic E-state index is 12.6. The molecule has 1 unspecified atom stereocenters. The number of amidine groups is 1. The van der Waals surface area contributed by atoms with E-state index in [1.807, 2.05) is 0 Å². The molecule has 0 saturated heterocycles. The van der Waals surface area contributed by atoms with Gasteiger partial charge >= 0.3 is 6.18 Å². The number of aromatic amines is 1. The molecule has 0 fully saturated rings. The van der Waals surface area contributed by atoms with E-state index in [0.29, 0.717) is 28.4 Å². The standard InChI is InChI=1S/C16H18F3N5O2/c1-25-11-4-3-9(7-12(11)26-2)16(20)23-13-10(5-6-21-13)14(24-16)22-8-15(17,18)19/h3-7,21,23H,8,20H2,1-2H3,(H,22,24). The summed E-state index contributed by atoms with van der Waals surface area (Å²) in [5.74, 6) is 0.0326. The van der Waals surface area contributed by atoms with E-state index >= 15 is 0 Å². The third-order valence-electron chi connectivity index (χ3n) is 3.90. The number of aliphatic imine (C=N–C) groups is 1. The molecule has 0 saturated carbocycles. The van der Waals surface area contributed by atoms with Crippen molar-refractivity contribution in [3.05, 3.63) is 41.6 Å². The lowest BCUT2D eigenvalue weighted by Crippen LogP contribution is -2.61. The summed E-state index contributed by atoms with van der Waals surface area (Å²) in [6.45, 7) is -1.32. The zero-order valence-electron chi connectivity index (χ0n) is 14.1. The monoisotopic (exact) mass is 369 g/mol. The third kappa shape index (κ3) is 3.40. The predicted molar refractivity (Wildman–Crippen MR) is 90.4 cm³/mol. The summed E-state index contributed by atoms with van der Waals surface area (Å²) in [5.41, 5.74) is 7.39. The molecule has 0 amide bonds. The maximum Gasteiger partial charge on any atom is 0.408 e. The van der Waals surface area contributed by atoms with Crippen LogP contribution in [0.3, 0.4) is 0 Å². The zero-order valence-corrected chi connectivity index (χ0v) is 14.1. The van der Waals surface area contributed by atoms with Crippen LogP contribution in [0.2, 0.25) is 0 Å². The zero-order chi connectivity index (χ0) is 18.9. The predicted octanol–water partition coefficient (Wildman–Crippen LogP) is 2.13. The highest BCUT2D eigenvalue weighted by Gasteiger charge is 2.37. The van der Waals surface area contributed by atoms with Crippen LogP contribution in [-0.4, -0.2) is 37.8 Å². The lowest BCUT2D eigenvalue weighted by Gasteiger charge is -2.38. The molecular weight excluding hydrogens is 351 g/mol. The summed E-state index contributed by atoms with van der Waals surface area (Å²) in [6, 6.07) is 6.58. The van der Waals surface area contributed by atoms with Crippen molar-refractivity contribution in [2.24, 2.45) is 10.7 Å². The molecule has 0 radical (unpaired) electrons. The van der Waals surface area contributed by atoms with Crippen LogP contribution in [0.5, 0.6) is 11.5 Å². The summed E-state index contributed by atoms with van der Waals surface area (Å²) >= 11 is 0. The number of halogens is 3. The summed E-state index contributed by atoms with van der Waals surface area (Å²) < 4.78 is 48.2. The Labute approximate surface area is 147 Å². The fraction of sp³-hybridized carbons (Fsp3) is 0.312. The molecule has 140 valence electrons. The van der Waals surface area contributed by atoms with Gasteiger partial charge < -0.3 is 25.1 Å². The number of ether oxygens (including phenoxy) is 2. The van der Waals surface area contributed by atoms with E-state index in [-0.39, 0.29) is 5.84 Å². The van der Waals surface area contributed by atoms with Crippen molar-refractivity contribution >= 4 is 11.7 Å². The smallest absolute Gasteiger partial charge is 0.408 e. The molecule has 5 N–H and O–H groups in total. The quantitative estimate of drug-likeness (QED) is 0.662. The first-order valence-corrected chi connectivity index (χ1v) is 7.62. The Hall–Kier alpha value is -2.88. The number of nitrogens with one attached hydrogen (secondary N) is 3. The molecule has 0 bridgehead atoms. The van der Waals surface area contributed by atoms with Gasteiger partial charge in [0.05, 0.1) is 19.8 Å². The van der Waals surface area contributed by atoms with E-state index in [0.717, 1.165) is 0 Å². The average molecular weight is 369 g/mol. The topological polar surface area (TPSA) is 96.7 Å². The van der Waals surface area contributed by atoms with Crippen molar-refractivity contribution < 1.29 is 22.6 Å². The summed E-state index contributed by atoms with van der Waals surface area (Å²) in [7, 11) is 2.98. The molecular formula is C16H18F3N5O2. The number of anilines is 1. The molecule has 7 nitrogen and oxygen atoms in total. The first kappa shape index (κ1) is 17.9. The third-order valence-corrected chi connectivity index (χ3v) is 3.90. The van der Waals surface area contributed by atoms with Crippen LogP contribution in [-0.2, 0) is 5.79 Å². The molecule has 0 spiro atoms. The lowest BCUT2D eigenvalue weighted by molar-refractivity contribution is -0.118. The maximum absolute atomic E-state index is 12.6. The molecule has 0 aliphatic carbocycles. The molecule has 1 aromatic carbocycles. The first-order valence-electron chi connectivity index (χ1n) is 7.62.